The Morgan fingerprint density at radius 1 is 1.16 bits per heavy atom. The summed E-state index contributed by atoms with van der Waals surface area (Å²) in [6, 6.07) is 8.72. The van der Waals surface area contributed by atoms with Gasteiger partial charge in [0.15, 0.2) is 5.43 Å². The number of amides is 1. The standard InChI is InChI=1S/C19H22N2O4/c22-17-10-12-20(16-7-2-1-6-15(16)17)13-18(23)21-11-4-3-5-14(21)8-9-19(24)25/h1-2,6-7,10,12,14H,3-5,8-9,11,13H2,(H,24,25)/t14-/m0/s1. The lowest BCUT2D eigenvalue weighted by Gasteiger charge is -2.36. The number of pyridine rings is 1. The van der Waals surface area contributed by atoms with Gasteiger partial charge in [-0.3, -0.25) is 14.4 Å². The third-order valence-electron chi connectivity index (χ3n) is 4.83. The second-order valence-corrected chi connectivity index (χ2v) is 6.49. The van der Waals surface area contributed by atoms with Crippen LogP contribution in [-0.4, -0.2) is 39.0 Å². The Morgan fingerprint density at radius 3 is 2.76 bits per heavy atom. The van der Waals surface area contributed by atoms with Crippen molar-refractivity contribution in [2.75, 3.05) is 6.54 Å². The van der Waals surface area contributed by atoms with Gasteiger partial charge in [0.05, 0.1) is 5.52 Å². The van der Waals surface area contributed by atoms with Gasteiger partial charge in [0.2, 0.25) is 5.91 Å². The van der Waals surface area contributed by atoms with Crippen LogP contribution in [0.4, 0.5) is 0 Å². The van der Waals surface area contributed by atoms with Gasteiger partial charge >= 0.3 is 5.97 Å². The van der Waals surface area contributed by atoms with E-state index >= 15 is 0 Å². The first-order valence-corrected chi connectivity index (χ1v) is 8.66. The number of rotatable bonds is 5. The highest BCUT2D eigenvalue weighted by atomic mass is 16.4. The summed E-state index contributed by atoms with van der Waals surface area (Å²) in [5.41, 5.74) is 0.680. The van der Waals surface area contributed by atoms with E-state index in [1.54, 1.807) is 16.8 Å². The van der Waals surface area contributed by atoms with Crippen LogP contribution in [0.3, 0.4) is 0 Å². The molecule has 6 heteroatoms. The average Bonchev–Trinajstić information content (AvgIpc) is 2.62. The van der Waals surface area contributed by atoms with Crippen molar-refractivity contribution in [1.82, 2.24) is 9.47 Å². The molecule has 132 valence electrons. The predicted molar refractivity (Wildman–Crippen MR) is 94.4 cm³/mol. The number of aliphatic carboxylic acids is 1. The van der Waals surface area contributed by atoms with E-state index in [0.717, 1.165) is 24.8 Å². The number of carbonyl (C=O) groups is 2. The largest absolute Gasteiger partial charge is 0.481 e. The molecule has 2 aromatic rings. The maximum absolute atomic E-state index is 12.8. The van der Waals surface area contributed by atoms with Gasteiger partial charge in [-0.05, 0) is 37.8 Å². The summed E-state index contributed by atoms with van der Waals surface area (Å²) >= 11 is 0. The summed E-state index contributed by atoms with van der Waals surface area (Å²) in [7, 11) is 0. The summed E-state index contributed by atoms with van der Waals surface area (Å²) in [5.74, 6) is -0.853. The summed E-state index contributed by atoms with van der Waals surface area (Å²) in [6.07, 6.45) is 5.04. The molecule has 3 rings (SSSR count). The molecule has 0 aliphatic carbocycles. The molecular formula is C19H22N2O4. The molecular weight excluding hydrogens is 320 g/mol. The molecule has 1 aliphatic rings. The molecule has 1 saturated heterocycles. The van der Waals surface area contributed by atoms with Crippen molar-refractivity contribution in [3.8, 4) is 0 Å². The summed E-state index contributed by atoms with van der Waals surface area (Å²) in [6.45, 7) is 0.825. The normalized spacial score (nSPS) is 17.6. The maximum Gasteiger partial charge on any atom is 0.303 e. The third-order valence-corrected chi connectivity index (χ3v) is 4.83. The molecule has 6 nitrogen and oxygen atoms in total. The Kier molecular flexibility index (Phi) is 5.16. The minimum atomic E-state index is -0.829. The van der Waals surface area contributed by atoms with Gasteiger partial charge in [-0.2, -0.15) is 0 Å². The van der Waals surface area contributed by atoms with E-state index in [4.69, 9.17) is 5.11 Å². The number of hydrogen-bond acceptors (Lipinski definition) is 3. The van der Waals surface area contributed by atoms with Crippen molar-refractivity contribution in [2.45, 2.75) is 44.7 Å². The highest BCUT2D eigenvalue weighted by Gasteiger charge is 2.27. The van der Waals surface area contributed by atoms with Crippen LogP contribution in [0.5, 0.6) is 0 Å². The van der Waals surface area contributed by atoms with E-state index in [0.29, 0.717) is 18.4 Å². The molecule has 25 heavy (non-hydrogen) atoms. The quantitative estimate of drug-likeness (QED) is 0.904. The number of carboxylic acid groups (broad SMARTS) is 1. The van der Waals surface area contributed by atoms with E-state index in [-0.39, 0.29) is 30.3 Å². The molecule has 1 N–H and O–H groups in total. The second kappa shape index (κ2) is 7.51. The zero-order valence-electron chi connectivity index (χ0n) is 14.1. The topological polar surface area (TPSA) is 79.6 Å². The SMILES string of the molecule is O=C(O)CC[C@@H]1CCCCN1C(=O)Cn1ccc(=O)c2ccccc21. The first-order chi connectivity index (χ1) is 12.1. The van der Waals surface area contributed by atoms with Gasteiger partial charge in [0.1, 0.15) is 6.54 Å². The van der Waals surface area contributed by atoms with Crippen molar-refractivity contribution in [3.63, 3.8) is 0 Å². The molecule has 0 radical (unpaired) electrons. The van der Waals surface area contributed by atoms with E-state index in [1.165, 1.54) is 6.07 Å². The fourth-order valence-corrected chi connectivity index (χ4v) is 3.55. The third kappa shape index (κ3) is 3.90. The Labute approximate surface area is 145 Å². The summed E-state index contributed by atoms with van der Waals surface area (Å²) in [5, 5.41) is 9.51. The van der Waals surface area contributed by atoms with Crippen molar-refractivity contribution in [1.29, 1.82) is 0 Å². The minimum absolute atomic E-state index is 0.0111. The van der Waals surface area contributed by atoms with Crippen molar-refractivity contribution < 1.29 is 14.7 Å². The van der Waals surface area contributed by atoms with Gasteiger partial charge in [-0.1, -0.05) is 12.1 Å². The lowest BCUT2D eigenvalue weighted by molar-refractivity contribution is -0.140. The van der Waals surface area contributed by atoms with Crippen LogP contribution in [0.1, 0.15) is 32.1 Å². The number of likely N-dealkylation sites (tertiary alicyclic amines) is 1. The van der Waals surface area contributed by atoms with Crippen LogP contribution in [0, 0.1) is 0 Å². The van der Waals surface area contributed by atoms with Crippen LogP contribution in [0.25, 0.3) is 10.9 Å². The molecule has 1 aliphatic heterocycles. The van der Waals surface area contributed by atoms with Crippen LogP contribution in [-0.2, 0) is 16.1 Å². The highest BCUT2D eigenvalue weighted by molar-refractivity contribution is 5.82. The van der Waals surface area contributed by atoms with E-state index in [2.05, 4.69) is 0 Å². The van der Waals surface area contributed by atoms with Gasteiger partial charge in [0.25, 0.3) is 0 Å². The Hall–Kier alpha value is -2.63. The molecule has 1 aromatic heterocycles. The number of carboxylic acids is 1. The number of carbonyl (C=O) groups excluding carboxylic acids is 1. The fraction of sp³-hybridized carbons (Fsp3) is 0.421. The van der Waals surface area contributed by atoms with Gasteiger partial charge in [0, 0.05) is 36.7 Å². The molecule has 1 aromatic carbocycles. The second-order valence-electron chi connectivity index (χ2n) is 6.49. The molecule has 0 bridgehead atoms. The van der Waals surface area contributed by atoms with Crippen molar-refractivity contribution >= 4 is 22.8 Å². The predicted octanol–water partition coefficient (Wildman–Crippen LogP) is 2.25. The number of fused-ring (bicyclic) bond motifs is 1. The zero-order valence-corrected chi connectivity index (χ0v) is 14.1. The first kappa shape index (κ1) is 17.2. The molecule has 0 spiro atoms. The van der Waals surface area contributed by atoms with Gasteiger partial charge in [-0.25, -0.2) is 0 Å². The van der Waals surface area contributed by atoms with E-state index in [9.17, 15) is 14.4 Å². The number of hydrogen-bond donors (Lipinski definition) is 1. The van der Waals surface area contributed by atoms with Crippen molar-refractivity contribution in [3.05, 3.63) is 46.8 Å². The zero-order chi connectivity index (χ0) is 17.8. The maximum atomic E-state index is 12.8. The smallest absolute Gasteiger partial charge is 0.303 e. The lowest BCUT2D eigenvalue weighted by atomic mass is 9.98. The van der Waals surface area contributed by atoms with E-state index < -0.39 is 5.97 Å². The molecule has 2 heterocycles. The fourth-order valence-electron chi connectivity index (χ4n) is 3.55. The molecule has 0 saturated carbocycles. The number of benzene rings is 1. The number of piperidine rings is 1. The lowest BCUT2D eigenvalue weighted by Crippen LogP contribution is -2.45. The van der Waals surface area contributed by atoms with Crippen LogP contribution in [0.15, 0.2) is 41.3 Å². The summed E-state index contributed by atoms with van der Waals surface area (Å²) < 4.78 is 1.79. The van der Waals surface area contributed by atoms with Crippen molar-refractivity contribution in [2.24, 2.45) is 0 Å². The number of nitrogens with zero attached hydrogens (tertiary/aromatic N) is 2. The molecule has 0 unspecified atom stereocenters. The molecule has 1 fully saturated rings. The number of para-hydroxylation sites is 1. The van der Waals surface area contributed by atoms with Gasteiger partial charge in [-0.15, -0.1) is 0 Å². The summed E-state index contributed by atoms with van der Waals surface area (Å²) in [4.78, 5) is 37.5. The number of aromatic nitrogens is 1. The van der Waals surface area contributed by atoms with Crippen LogP contribution in [0.2, 0.25) is 0 Å². The van der Waals surface area contributed by atoms with Crippen LogP contribution >= 0.6 is 0 Å². The molecule has 1 atom stereocenters. The average molecular weight is 342 g/mol. The van der Waals surface area contributed by atoms with Crippen LogP contribution < -0.4 is 5.43 Å². The molecule has 1 amide bonds. The Bertz CT molecular complexity index is 843. The monoisotopic (exact) mass is 342 g/mol. The Morgan fingerprint density at radius 2 is 1.96 bits per heavy atom. The minimum Gasteiger partial charge on any atom is -0.481 e. The van der Waals surface area contributed by atoms with Gasteiger partial charge < -0.3 is 14.6 Å². The first-order valence-electron chi connectivity index (χ1n) is 8.66. The Balaban J connectivity index is 1.80. The van der Waals surface area contributed by atoms with E-state index in [1.807, 2.05) is 23.1 Å². The highest BCUT2D eigenvalue weighted by Crippen LogP contribution is 2.22.